The molecule has 0 N–H and O–H groups in total. The second-order valence-corrected chi connectivity index (χ2v) is 10.1. The van der Waals surface area contributed by atoms with Gasteiger partial charge in [0.1, 0.15) is 5.75 Å². The molecule has 1 aromatic carbocycles. The third-order valence-corrected chi connectivity index (χ3v) is 8.68. The smallest absolute Gasteiger partial charge is 0.198 e. The van der Waals surface area contributed by atoms with Crippen LogP contribution in [0.15, 0.2) is 30.5 Å². The third kappa shape index (κ3) is 3.30. The molecule has 1 aromatic rings. The molecule has 1 saturated heterocycles. The van der Waals surface area contributed by atoms with Gasteiger partial charge in [-0.25, -0.2) is 0 Å². The Hall–Kier alpha value is -1.48. The Morgan fingerprint density at radius 3 is 2.83 bits per heavy atom. The van der Waals surface area contributed by atoms with Crippen LogP contribution in [0.4, 0.5) is 0 Å². The number of hydrogen-bond donors (Lipinski definition) is 0. The van der Waals surface area contributed by atoms with Gasteiger partial charge in [-0.2, -0.15) is 0 Å². The lowest BCUT2D eigenvalue weighted by Crippen LogP contribution is -2.48. The van der Waals surface area contributed by atoms with Crippen LogP contribution in [0.1, 0.15) is 81.8 Å². The second-order valence-electron chi connectivity index (χ2n) is 10.1. The predicted octanol–water partition coefficient (Wildman–Crippen LogP) is 6.37. The lowest BCUT2D eigenvalue weighted by atomic mass is 9.47. The number of aryl methyl sites for hydroxylation is 1. The number of ether oxygens (including phenoxy) is 3. The minimum absolute atomic E-state index is 0.0476. The molecule has 1 unspecified atom stereocenters. The van der Waals surface area contributed by atoms with Crippen LogP contribution in [-0.2, 0) is 15.9 Å². The fourth-order valence-electron chi connectivity index (χ4n) is 7.23. The van der Waals surface area contributed by atoms with Crippen LogP contribution >= 0.6 is 0 Å². The Morgan fingerprint density at radius 1 is 1.07 bits per heavy atom. The molecule has 3 nitrogen and oxygen atoms in total. The maximum absolute atomic E-state index is 6.11. The summed E-state index contributed by atoms with van der Waals surface area (Å²) in [5, 5.41) is 0. The Kier molecular flexibility index (Phi) is 5.14. The lowest BCUT2D eigenvalue weighted by molar-refractivity contribution is -0.130. The van der Waals surface area contributed by atoms with Crippen LogP contribution in [0, 0.1) is 16.7 Å². The first-order valence-corrected chi connectivity index (χ1v) is 11.8. The van der Waals surface area contributed by atoms with Crippen LogP contribution in [0.5, 0.6) is 5.75 Å². The summed E-state index contributed by atoms with van der Waals surface area (Å²) in [4.78, 5) is 0. The summed E-state index contributed by atoms with van der Waals surface area (Å²) in [6, 6.07) is 6.79. The van der Waals surface area contributed by atoms with E-state index in [1.807, 2.05) is 6.26 Å². The van der Waals surface area contributed by atoms with E-state index in [-0.39, 0.29) is 11.7 Å². The number of fused-ring (bicyclic) bond motifs is 5. The molecule has 0 bridgehead atoms. The Labute approximate surface area is 175 Å². The molecule has 5 atom stereocenters. The minimum atomic E-state index is -0.0476. The normalized spacial score (nSPS) is 38.9. The molecule has 3 heteroatoms. The SMILES string of the molecule is COc1ccc2c(c1)CC[C@]1(C=COC3CCCCO3)[C@@H]2CC[C@]2(C)CCC[C@H]21. The van der Waals surface area contributed by atoms with Gasteiger partial charge in [0.25, 0.3) is 0 Å². The van der Waals surface area contributed by atoms with Gasteiger partial charge >= 0.3 is 0 Å². The van der Waals surface area contributed by atoms with Crippen LogP contribution in [0.3, 0.4) is 0 Å². The molecular weight excluding hydrogens is 360 g/mol. The first-order valence-electron chi connectivity index (χ1n) is 11.8. The van der Waals surface area contributed by atoms with E-state index in [4.69, 9.17) is 14.2 Å². The Morgan fingerprint density at radius 2 is 2.00 bits per heavy atom. The van der Waals surface area contributed by atoms with E-state index in [1.54, 1.807) is 12.7 Å². The van der Waals surface area contributed by atoms with Crippen molar-refractivity contribution in [3.63, 3.8) is 0 Å². The summed E-state index contributed by atoms with van der Waals surface area (Å²) in [5.41, 5.74) is 3.77. The molecule has 0 radical (unpaired) electrons. The molecule has 2 saturated carbocycles. The third-order valence-electron chi connectivity index (χ3n) is 8.68. The molecule has 158 valence electrons. The first kappa shape index (κ1) is 19.5. The van der Waals surface area contributed by atoms with E-state index in [1.165, 1.54) is 50.5 Å². The van der Waals surface area contributed by atoms with Crippen molar-refractivity contribution in [1.82, 2.24) is 0 Å². The van der Waals surface area contributed by atoms with Crippen molar-refractivity contribution in [3.05, 3.63) is 41.7 Å². The fraction of sp³-hybridized carbons (Fsp3) is 0.692. The molecule has 0 amide bonds. The van der Waals surface area contributed by atoms with Gasteiger partial charge in [0.2, 0.25) is 0 Å². The lowest BCUT2D eigenvalue weighted by Gasteiger charge is -2.56. The average Bonchev–Trinajstić information content (AvgIpc) is 3.16. The highest BCUT2D eigenvalue weighted by molar-refractivity contribution is 5.43. The number of methoxy groups -OCH3 is 1. The van der Waals surface area contributed by atoms with Gasteiger partial charge in [0.05, 0.1) is 20.0 Å². The highest BCUT2D eigenvalue weighted by Crippen LogP contribution is 2.67. The van der Waals surface area contributed by atoms with E-state index < -0.39 is 0 Å². The standard InChI is InChI=1S/C26H36O3/c1-25-12-5-6-23(25)26(15-17-29-24-7-3-4-16-28-24)14-10-19-18-20(27-2)8-9-21(19)22(26)11-13-25/h8-9,15,17-18,22-24H,3-7,10-14,16H2,1-2H3/t22-,23-,24?,25+,26+/m1/s1. The molecule has 1 heterocycles. The quantitative estimate of drug-likeness (QED) is 0.554. The van der Waals surface area contributed by atoms with Gasteiger partial charge in [0.15, 0.2) is 6.29 Å². The van der Waals surface area contributed by atoms with Gasteiger partial charge in [-0.05, 0) is 98.0 Å². The van der Waals surface area contributed by atoms with Gasteiger partial charge in [-0.1, -0.05) is 19.4 Å². The molecule has 3 fully saturated rings. The van der Waals surface area contributed by atoms with Crippen molar-refractivity contribution in [3.8, 4) is 5.75 Å². The van der Waals surface area contributed by atoms with Gasteiger partial charge in [-0.15, -0.1) is 0 Å². The summed E-state index contributed by atoms with van der Waals surface area (Å²) >= 11 is 0. The van der Waals surface area contributed by atoms with Crippen LogP contribution in [0.2, 0.25) is 0 Å². The van der Waals surface area contributed by atoms with E-state index >= 15 is 0 Å². The van der Waals surface area contributed by atoms with E-state index in [0.29, 0.717) is 11.3 Å². The van der Waals surface area contributed by atoms with E-state index in [9.17, 15) is 0 Å². The van der Waals surface area contributed by atoms with Crippen molar-refractivity contribution in [1.29, 1.82) is 0 Å². The van der Waals surface area contributed by atoms with Crippen LogP contribution in [-0.4, -0.2) is 20.0 Å². The highest BCUT2D eigenvalue weighted by Gasteiger charge is 2.58. The van der Waals surface area contributed by atoms with Crippen molar-refractivity contribution in [2.75, 3.05) is 13.7 Å². The zero-order valence-corrected chi connectivity index (χ0v) is 18.1. The van der Waals surface area contributed by atoms with E-state index in [2.05, 4.69) is 31.2 Å². The van der Waals surface area contributed by atoms with Gasteiger partial charge in [-0.3, -0.25) is 0 Å². The zero-order valence-electron chi connectivity index (χ0n) is 18.1. The predicted molar refractivity (Wildman–Crippen MR) is 115 cm³/mol. The topological polar surface area (TPSA) is 27.7 Å². The molecule has 4 aliphatic rings. The fourth-order valence-corrected chi connectivity index (χ4v) is 7.23. The summed E-state index contributed by atoms with van der Waals surface area (Å²) in [6.07, 6.45) is 17.0. The number of hydrogen-bond acceptors (Lipinski definition) is 3. The van der Waals surface area contributed by atoms with Crippen molar-refractivity contribution in [2.45, 2.75) is 83.3 Å². The maximum atomic E-state index is 6.11. The highest BCUT2D eigenvalue weighted by atomic mass is 16.7. The number of rotatable bonds is 4. The van der Waals surface area contributed by atoms with Crippen LogP contribution < -0.4 is 4.74 Å². The summed E-state index contributed by atoms with van der Waals surface area (Å²) in [7, 11) is 1.77. The minimum Gasteiger partial charge on any atom is -0.497 e. The summed E-state index contributed by atoms with van der Waals surface area (Å²) < 4.78 is 17.4. The largest absolute Gasteiger partial charge is 0.497 e. The van der Waals surface area contributed by atoms with Crippen molar-refractivity contribution >= 4 is 0 Å². The molecular formula is C26H36O3. The molecule has 1 aliphatic heterocycles. The number of allylic oxidation sites excluding steroid dienone is 1. The maximum Gasteiger partial charge on any atom is 0.198 e. The molecule has 5 rings (SSSR count). The molecule has 29 heavy (non-hydrogen) atoms. The van der Waals surface area contributed by atoms with E-state index in [0.717, 1.165) is 37.5 Å². The van der Waals surface area contributed by atoms with Gasteiger partial charge < -0.3 is 14.2 Å². The average molecular weight is 397 g/mol. The zero-order chi connectivity index (χ0) is 19.9. The van der Waals surface area contributed by atoms with Crippen LogP contribution in [0.25, 0.3) is 0 Å². The Balaban J connectivity index is 1.48. The Bertz CT molecular complexity index is 765. The molecule has 0 spiro atoms. The van der Waals surface area contributed by atoms with Crippen molar-refractivity contribution < 1.29 is 14.2 Å². The van der Waals surface area contributed by atoms with Gasteiger partial charge in [0, 0.05) is 11.8 Å². The monoisotopic (exact) mass is 396 g/mol. The van der Waals surface area contributed by atoms with Crippen molar-refractivity contribution in [2.24, 2.45) is 16.7 Å². The summed E-state index contributed by atoms with van der Waals surface area (Å²) in [6.45, 7) is 3.40. The molecule has 3 aliphatic carbocycles. The first-order chi connectivity index (χ1) is 14.1. The summed E-state index contributed by atoms with van der Waals surface area (Å²) in [5.74, 6) is 2.35. The second kappa shape index (κ2) is 7.65. The number of benzene rings is 1. The molecule has 0 aromatic heterocycles.